The molecule has 1 aromatic heterocycles. The van der Waals surface area contributed by atoms with Crippen LogP contribution in [0, 0.1) is 0 Å². The minimum absolute atomic E-state index is 0. The van der Waals surface area contributed by atoms with Crippen LogP contribution in [0.4, 0.5) is 0 Å². The molecule has 0 aromatic carbocycles. The summed E-state index contributed by atoms with van der Waals surface area (Å²) in [6.07, 6.45) is 3.90. The number of nitrogens with two attached hydrogens (primary N) is 2. The average molecular weight is 339 g/mol. The summed E-state index contributed by atoms with van der Waals surface area (Å²) in [6.45, 7) is 2.26. The highest BCUT2D eigenvalue weighted by Gasteiger charge is 2.22. The highest BCUT2D eigenvalue weighted by molar-refractivity contribution is 7.89. The first-order chi connectivity index (χ1) is 9.31. The number of hydrogen-bond donors (Lipinski definition) is 3. The number of amides is 1. The van der Waals surface area contributed by atoms with Gasteiger partial charge < -0.3 is 16.0 Å². The number of primary amides is 1. The van der Waals surface area contributed by atoms with Crippen molar-refractivity contribution >= 4 is 28.3 Å². The lowest BCUT2D eigenvalue weighted by Crippen LogP contribution is -2.40. The fourth-order valence-electron chi connectivity index (χ4n) is 1.89. The molecule has 1 unspecified atom stereocenters. The minimum atomic E-state index is -3.70. The molecular formula is C12H23ClN4O3S. The van der Waals surface area contributed by atoms with Crippen LogP contribution in [0.1, 0.15) is 36.7 Å². The van der Waals surface area contributed by atoms with Crippen LogP contribution >= 0.6 is 12.4 Å². The van der Waals surface area contributed by atoms with Gasteiger partial charge in [0.15, 0.2) is 0 Å². The normalized spacial score (nSPS) is 12.7. The predicted octanol–water partition coefficient (Wildman–Crippen LogP) is 0.342. The van der Waals surface area contributed by atoms with Gasteiger partial charge in [-0.2, -0.15) is 0 Å². The van der Waals surface area contributed by atoms with Crippen molar-refractivity contribution in [2.75, 3.05) is 6.54 Å². The van der Waals surface area contributed by atoms with Crippen molar-refractivity contribution in [3.63, 3.8) is 0 Å². The molecule has 0 aliphatic heterocycles. The number of halogens is 1. The molecule has 122 valence electrons. The van der Waals surface area contributed by atoms with E-state index in [1.165, 1.54) is 16.8 Å². The zero-order valence-corrected chi connectivity index (χ0v) is 13.8. The van der Waals surface area contributed by atoms with Gasteiger partial charge in [0.25, 0.3) is 5.91 Å². The molecule has 1 aromatic rings. The van der Waals surface area contributed by atoms with Gasteiger partial charge >= 0.3 is 0 Å². The van der Waals surface area contributed by atoms with Gasteiger partial charge in [-0.3, -0.25) is 4.79 Å². The molecule has 0 saturated carbocycles. The summed E-state index contributed by atoms with van der Waals surface area (Å²) in [5, 5.41) is 0. The first-order valence-electron chi connectivity index (χ1n) is 6.50. The molecule has 0 bridgehead atoms. The number of unbranched alkanes of at least 4 members (excludes halogenated alkanes) is 1. The topological polar surface area (TPSA) is 120 Å². The monoisotopic (exact) mass is 338 g/mol. The zero-order chi connectivity index (χ0) is 15.3. The van der Waals surface area contributed by atoms with Crippen molar-refractivity contribution in [3.05, 3.63) is 18.0 Å². The van der Waals surface area contributed by atoms with E-state index in [-0.39, 0.29) is 35.6 Å². The van der Waals surface area contributed by atoms with Crippen molar-refractivity contribution in [1.29, 1.82) is 0 Å². The standard InChI is InChI=1S/C12H22N4O3S.ClH/c1-3-4-5-9(7-13)15-20(18,19)10-6-11(12(14)17)16(2)8-10;/h6,8-9,15H,3-5,7,13H2,1-2H3,(H2,14,17);1H. The Hall–Kier alpha value is -1.09. The average Bonchev–Trinajstić information content (AvgIpc) is 2.77. The fraction of sp³-hybridized carbons (Fsp3) is 0.583. The second-order valence-electron chi connectivity index (χ2n) is 4.73. The van der Waals surface area contributed by atoms with E-state index in [4.69, 9.17) is 11.5 Å². The van der Waals surface area contributed by atoms with Gasteiger partial charge in [-0.15, -0.1) is 12.4 Å². The SMILES string of the molecule is CCCCC(CN)NS(=O)(=O)c1cc(C(N)=O)n(C)c1.Cl. The lowest BCUT2D eigenvalue weighted by atomic mass is 10.1. The van der Waals surface area contributed by atoms with Crippen molar-refractivity contribution in [2.45, 2.75) is 37.1 Å². The summed E-state index contributed by atoms with van der Waals surface area (Å²) in [5.74, 6) is -0.671. The maximum Gasteiger partial charge on any atom is 0.265 e. The molecule has 0 spiro atoms. The van der Waals surface area contributed by atoms with Crippen LogP contribution in [0.15, 0.2) is 17.2 Å². The number of aromatic nitrogens is 1. The lowest BCUT2D eigenvalue weighted by molar-refractivity contribution is 0.0992. The smallest absolute Gasteiger partial charge is 0.265 e. The molecule has 5 N–H and O–H groups in total. The first kappa shape index (κ1) is 19.9. The van der Waals surface area contributed by atoms with Crippen LogP contribution in [0.3, 0.4) is 0 Å². The first-order valence-corrected chi connectivity index (χ1v) is 7.98. The Labute approximate surface area is 131 Å². The Bertz CT molecular complexity index is 571. The van der Waals surface area contributed by atoms with Gasteiger partial charge in [0.05, 0.1) is 0 Å². The van der Waals surface area contributed by atoms with Gasteiger partial charge in [-0.05, 0) is 12.5 Å². The van der Waals surface area contributed by atoms with Gasteiger partial charge in [0.1, 0.15) is 10.6 Å². The summed E-state index contributed by atoms with van der Waals surface area (Å²) in [4.78, 5) is 11.2. The highest BCUT2D eigenvalue weighted by atomic mass is 35.5. The third kappa shape index (κ3) is 5.31. The maximum atomic E-state index is 12.2. The predicted molar refractivity (Wildman–Crippen MR) is 83.9 cm³/mol. The van der Waals surface area contributed by atoms with Gasteiger partial charge in [0.2, 0.25) is 10.0 Å². The molecule has 0 radical (unpaired) electrons. The van der Waals surface area contributed by atoms with Crippen LogP contribution in [-0.2, 0) is 17.1 Å². The highest BCUT2D eigenvalue weighted by Crippen LogP contribution is 2.14. The van der Waals surface area contributed by atoms with E-state index in [0.29, 0.717) is 6.42 Å². The number of nitrogens with one attached hydrogen (secondary N) is 1. The van der Waals surface area contributed by atoms with Crippen LogP contribution in [-0.4, -0.2) is 31.5 Å². The van der Waals surface area contributed by atoms with E-state index in [0.717, 1.165) is 12.8 Å². The summed E-state index contributed by atoms with van der Waals surface area (Å²) < 4.78 is 28.4. The van der Waals surface area contributed by atoms with E-state index in [2.05, 4.69) is 4.72 Å². The molecule has 1 amide bonds. The van der Waals surface area contributed by atoms with E-state index >= 15 is 0 Å². The minimum Gasteiger partial charge on any atom is -0.364 e. The molecule has 7 nitrogen and oxygen atoms in total. The summed E-state index contributed by atoms with van der Waals surface area (Å²) in [5.41, 5.74) is 10.9. The molecule has 0 fully saturated rings. The van der Waals surface area contributed by atoms with Crippen molar-refractivity contribution in [3.8, 4) is 0 Å². The molecule has 1 heterocycles. The Balaban J connectivity index is 0.00000400. The van der Waals surface area contributed by atoms with Gasteiger partial charge in [-0.25, -0.2) is 13.1 Å². The summed E-state index contributed by atoms with van der Waals surface area (Å²) in [7, 11) is -2.13. The number of carbonyl (C=O) groups is 1. The third-order valence-electron chi connectivity index (χ3n) is 3.06. The number of sulfonamides is 1. The molecule has 0 saturated heterocycles. The third-order valence-corrected chi connectivity index (χ3v) is 4.54. The fourth-order valence-corrected chi connectivity index (χ4v) is 3.24. The van der Waals surface area contributed by atoms with E-state index < -0.39 is 15.9 Å². The molecule has 9 heteroatoms. The largest absolute Gasteiger partial charge is 0.364 e. The number of nitrogens with zero attached hydrogens (tertiary/aromatic N) is 1. The van der Waals surface area contributed by atoms with E-state index in [9.17, 15) is 13.2 Å². The molecule has 1 rings (SSSR count). The Kier molecular flexibility index (Phi) is 7.94. The molecule has 0 aliphatic rings. The maximum absolute atomic E-state index is 12.2. The number of aryl methyl sites for hydroxylation is 1. The van der Waals surface area contributed by atoms with Crippen molar-refractivity contribution < 1.29 is 13.2 Å². The van der Waals surface area contributed by atoms with Crippen molar-refractivity contribution in [2.24, 2.45) is 18.5 Å². The number of rotatable bonds is 8. The van der Waals surface area contributed by atoms with Crippen LogP contribution in [0.25, 0.3) is 0 Å². The van der Waals surface area contributed by atoms with Crippen molar-refractivity contribution in [1.82, 2.24) is 9.29 Å². The Morgan fingerprint density at radius 1 is 1.48 bits per heavy atom. The van der Waals surface area contributed by atoms with E-state index in [1.807, 2.05) is 6.92 Å². The number of hydrogen-bond acceptors (Lipinski definition) is 4. The quantitative estimate of drug-likeness (QED) is 0.633. The van der Waals surface area contributed by atoms with Gasteiger partial charge in [-0.1, -0.05) is 19.8 Å². The van der Waals surface area contributed by atoms with Crippen LogP contribution in [0.5, 0.6) is 0 Å². The molecular weight excluding hydrogens is 316 g/mol. The van der Waals surface area contributed by atoms with Crippen LogP contribution in [0.2, 0.25) is 0 Å². The molecule has 21 heavy (non-hydrogen) atoms. The molecule has 1 atom stereocenters. The van der Waals surface area contributed by atoms with Crippen LogP contribution < -0.4 is 16.2 Å². The Morgan fingerprint density at radius 2 is 2.10 bits per heavy atom. The van der Waals surface area contributed by atoms with Gasteiger partial charge in [0, 0.05) is 25.8 Å². The number of carbonyl (C=O) groups excluding carboxylic acids is 1. The molecule has 0 aliphatic carbocycles. The lowest BCUT2D eigenvalue weighted by Gasteiger charge is -2.15. The van der Waals surface area contributed by atoms with E-state index in [1.54, 1.807) is 7.05 Å². The Morgan fingerprint density at radius 3 is 2.52 bits per heavy atom. The summed E-state index contributed by atoms with van der Waals surface area (Å²) >= 11 is 0. The second-order valence-corrected chi connectivity index (χ2v) is 6.45. The zero-order valence-electron chi connectivity index (χ0n) is 12.2. The summed E-state index contributed by atoms with van der Waals surface area (Å²) in [6, 6.07) is 0.954. The second kappa shape index (κ2) is 8.38.